The van der Waals surface area contributed by atoms with E-state index in [4.69, 9.17) is 5.11 Å². The molecular weight excluding hydrogens is 256 g/mol. The minimum atomic E-state index is -1.25. The largest absolute Gasteiger partial charge is 0.477 e. The summed E-state index contributed by atoms with van der Waals surface area (Å²) >= 11 is 0. The average molecular weight is 272 g/mol. The van der Waals surface area contributed by atoms with Crippen LogP contribution < -0.4 is 5.56 Å². The maximum Gasteiger partial charge on any atom is 0.343 e. The Morgan fingerprint density at radius 1 is 1.25 bits per heavy atom. The van der Waals surface area contributed by atoms with Gasteiger partial charge in [-0.3, -0.25) is 4.79 Å². The Morgan fingerprint density at radius 2 is 1.95 bits per heavy atom. The second kappa shape index (κ2) is 5.69. The minimum absolute atomic E-state index is 0.251. The molecule has 5 nitrogen and oxygen atoms in total. The Morgan fingerprint density at radius 3 is 2.55 bits per heavy atom. The van der Waals surface area contributed by atoms with Crippen LogP contribution in [0.3, 0.4) is 0 Å². The van der Waals surface area contributed by atoms with E-state index in [0.717, 1.165) is 6.42 Å². The van der Waals surface area contributed by atoms with E-state index in [1.54, 1.807) is 0 Å². The highest BCUT2D eigenvalue weighted by molar-refractivity contribution is 5.88. The zero-order chi connectivity index (χ0) is 14.7. The molecular formula is C15H16N2O3. The van der Waals surface area contributed by atoms with E-state index in [2.05, 4.69) is 9.97 Å². The quantitative estimate of drug-likeness (QED) is 0.890. The molecule has 0 radical (unpaired) electrons. The first-order valence-electron chi connectivity index (χ1n) is 6.36. The van der Waals surface area contributed by atoms with Gasteiger partial charge in [-0.25, -0.2) is 9.78 Å². The van der Waals surface area contributed by atoms with Crippen LogP contribution in [0.5, 0.6) is 0 Å². The number of aromatic nitrogens is 2. The number of H-pyrrole nitrogens is 1. The van der Waals surface area contributed by atoms with Crippen LogP contribution in [0.2, 0.25) is 0 Å². The Balaban J connectivity index is 2.22. The fourth-order valence-corrected chi connectivity index (χ4v) is 2.16. The molecule has 2 N–H and O–H groups in total. The highest BCUT2D eigenvalue weighted by Crippen LogP contribution is 2.10. The van der Waals surface area contributed by atoms with Gasteiger partial charge in [-0.1, -0.05) is 24.3 Å². The van der Waals surface area contributed by atoms with Gasteiger partial charge in [-0.15, -0.1) is 0 Å². The van der Waals surface area contributed by atoms with Crippen LogP contribution in [-0.4, -0.2) is 21.0 Å². The van der Waals surface area contributed by atoms with Gasteiger partial charge in [0.15, 0.2) is 0 Å². The molecule has 0 aliphatic rings. The third kappa shape index (κ3) is 2.93. The molecule has 1 aromatic carbocycles. The molecule has 0 atom stereocenters. The van der Waals surface area contributed by atoms with Gasteiger partial charge in [0.1, 0.15) is 11.4 Å². The van der Waals surface area contributed by atoms with Crippen molar-refractivity contribution in [3.05, 3.63) is 62.8 Å². The van der Waals surface area contributed by atoms with Crippen molar-refractivity contribution in [2.45, 2.75) is 26.7 Å². The summed E-state index contributed by atoms with van der Waals surface area (Å²) in [6, 6.07) is 8.01. The fraction of sp³-hybridized carbons (Fsp3) is 0.267. The summed E-state index contributed by atoms with van der Waals surface area (Å²) in [4.78, 5) is 29.3. The van der Waals surface area contributed by atoms with E-state index in [0.29, 0.717) is 12.2 Å². The first kappa shape index (κ1) is 14.0. The normalized spacial score (nSPS) is 10.5. The number of carboxylic acids is 1. The summed E-state index contributed by atoms with van der Waals surface area (Å²) in [7, 11) is 0. The smallest absolute Gasteiger partial charge is 0.343 e. The van der Waals surface area contributed by atoms with E-state index >= 15 is 0 Å². The molecule has 0 amide bonds. The van der Waals surface area contributed by atoms with Gasteiger partial charge in [0, 0.05) is 6.42 Å². The van der Waals surface area contributed by atoms with Crippen molar-refractivity contribution in [1.82, 2.24) is 9.97 Å². The molecule has 20 heavy (non-hydrogen) atoms. The number of carboxylic acid groups (broad SMARTS) is 1. The van der Waals surface area contributed by atoms with E-state index in [1.807, 2.05) is 31.2 Å². The summed E-state index contributed by atoms with van der Waals surface area (Å²) in [6.45, 7) is 3.57. The maximum absolute atomic E-state index is 11.7. The van der Waals surface area contributed by atoms with Crippen LogP contribution in [-0.2, 0) is 12.8 Å². The van der Waals surface area contributed by atoms with Crippen LogP contribution in [0.4, 0.5) is 0 Å². The molecule has 104 valence electrons. The molecule has 0 saturated carbocycles. The van der Waals surface area contributed by atoms with Crippen LogP contribution >= 0.6 is 0 Å². The maximum atomic E-state index is 11.7. The number of hydrogen-bond donors (Lipinski definition) is 2. The standard InChI is InChI=1S/C15H16N2O3/c1-9-5-3-4-6-11(9)7-8-12-16-10(2)13(15(19)20)14(18)17-12/h3-6H,7-8H2,1-2H3,(H,19,20)(H,16,17,18). The van der Waals surface area contributed by atoms with Gasteiger partial charge < -0.3 is 10.1 Å². The summed E-state index contributed by atoms with van der Waals surface area (Å²) < 4.78 is 0. The molecule has 2 aromatic rings. The number of aromatic amines is 1. The SMILES string of the molecule is Cc1ccccc1CCc1nc(C)c(C(=O)O)c(=O)[nH]1. The summed E-state index contributed by atoms with van der Waals surface area (Å²) in [5.41, 5.74) is 1.75. The van der Waals surface area contributed by atoms with Crippen LogP contribution in [0.15, 0.2) is 29.1 Å². The molecule has 0 bridgehead atoms. The fourth-order valence-electron chi connectivity index (χ4n) is 2.16. The number of nitrogens with zero attached hydrogens (tertiary/aromatic N) is 1. The number of hydrogen-bond acceptors (Lipinski definition) is 3. The number of aromatic carboxylic acids is 1. The molecule has 5 heteroatoms. The Kier molecular flexibility index (Phi) is 3.98. The lowest BCUT2D eigenvalue weighted by atomic mass is 10.0. The van der Waals surface area contributed by atoms with Gasteiger partial charge in [-0.05, 0) is 31.4 Å². The first-order valence-corrected chi connectivity index (χ1v) is 6.36. The van der Waals surface area contributed by atoms with Crippen molar-refractivity contribution >= 4 is 5.97 Å². The second-order valence-corrected chi connectivity index (χ2v) is 4.70. The molecule has 0 fully saturated rings. The molecule has 2 rings (SSSR count). The molecule has 0 spiro atoms. The van der Waals surface area contributed by atoms with Crippen molar-refractivity contribution in [1.29, 1.82) is 0 Å². The van der Waals surface area contributed by atoms with Crippen LogP contribution in [0.1, 0.15) is 33.0 Å². The number of benzene rings is 1. The number of nitrogens with one attached hydrogen (secondary N) is 1. The summed E-state index contributed by atoms with van der Waals surface area (Å²) in [5.74, 6) is -0.734. The van der Waals surface area contributed by atoms with Crippen molar-refractivity contribution in [2.24, 2.45) is 0 Å². The van der Waals surface area contributed by atoms with E-state index in [-0.39, 0.29) is 11.3 Å². The Labute approximate surface area is 116 Å². The van der Waals surface area contributed by atoms with Crippen LogP contribution in [0.25, 0.3) is 0 Å². The Hall–Kier alpha value is -2.43. The highest BCUT2D eigenvalue weighted by atomic mass is 16.4. The van der Waals surface area contributed by atoms with E-state index in [1.165, 1.54) is 18.1 Å². The minimum Gasteiger partial charge on any atom is -0.477 e. The number of rotatable bonds is 4. The average Bonchev–Trinajstić information content (AvgIpc) is 2.36. The van der Waals surface area contributed by atoms with Gasteiger partial charge in [0.25, 0.3) is 5.56 Å². The molecule has 0 unspecified atom stereocenters. The zero-order valence-electron chi connectivity index (χ0n) is 11.4. The number of carbonyl (C=O) groups is 1. The first-order chi connectivity index (χ1) is 9.49. The van der Waals surface area contributed by atoms with Crippen LogP contribution in [0, 0.1) is 13.8 Å². The lowest BCUT2D eigenvalue weighted by Gasteiger charge is -2.06. The predicted molar refractivity (Wildman–Crippen MR) is 75.1 cm³/mol. The monoisotopic (exact) mass is 272 g/mol. The predicted octanol–water partition coefficient (Wildman–Crippen LogP) is 1.87. The van der Waals surface area contributed by atoms with Crippen molar-refractivity contribution in [2.75, 3.05) is 0 Å². The molecule has 1 heterocycles. The topological polar surface area (TPSA) is 83.0 Å². The summed E-state index contributed by atoms with van der Waals surface area (Å²) in [6.07, 6.45) is 1.32. The number of aryl methyl sites for hydroxylation is 4. The van der Waals surface area contributed by atoms with Gasteiger partial charge in [0.05, 0.1) is 5.69 Å². The second-order valence-electron chi connectivity index (χ2n) is 4.70. The third-order valence-electron chi connectivity index (χ3n) is 3.26. The molecule has 0 saturated heterocycles. The van der Waals surface area contributed by atoms with Crippen molar-refractivity contribution in [3.63, 3.8) is 0 Å². The lowest BCUT2D eigenvalue weighted by Crippen LogP contribution is -2.23. The van der Waals surface area contributed by atoms with E-state index < -0.39 is 11.5 Å². The van der Waals surface area contributed by atoms with Gasteiger partial charge in [0.2, 0.25) is 0 Å². The van der Waals surface area contributed by atoms with Gasteiger partial charge >= 0.3 is 5.97 Å². The lowest BCUT2D eigenvalue weighted by molar-refractivity contribution is 0.0693. The zero-order valence-corrected chi connectivity index (χ0v) is 11.4. The molecule has 0 aliphatic heterocycles. The molecule has 1 aromatic heterocycles. The van der Waals surface area contributed by atoms with Crippen molar-refractivity contribution < 1.29 is 9.90 Å². The third-order valence-corrected chi connectivity index (χ3v) is 3.26. The summed E-state index contributed by atoms with van der Waals surface area (Å²) in [5, 5.41) is 8.92. The van der Waals surface area contributed by atoms with Crippen molar-refractivity contribution in [3.8, 4) is 0 Å². The van der Waals surface area contributed by atoms with Gasteiger partial charge in [-0.2, -0.15) is 0 Å². The molecule has 0 aliphatic carbocycles. The highest BCUT2D eigenvalue weighted by Gasteiger charge is 2.14. The Bertz CT molecular complexity index is 705. The van der Waals surface area contributed by atoms with E-state index in [9.17, 15) is 9.59 Å².